The Morgan fingerprint density at radius 3 is 2.82 bits per heavy atom. The maximum absolute atomic E-state index is 11.7. The predicted molar refractivity (Wildman–Crippen MR) is 67.8 cm³/mol. The lowest BCUT2D eigenvalue weighted by Crippen LogP contribution is -2.37. The van der Waals surface area contributed by atoms with E-state index in [0.29, 0.717) is 17.9 Å². The zero-order valence-electron chi connectivity index (χ0n) is 10.0. The zero-order valence-corrected chi connectivity index (χ0v) is 10.0. The first-order chi connectivity index (χ1) is 8.25. The Bertz CT molecular complexity index is 368. The molecule has 1 aromatic rings. The number of piperidine rings is 1. The second kappa shape index (κ2) is 5.72. The number of hydrogen-bond donors (Lipinski definition) is 3. The van der Waals surface area contributed by atoms with Gasteiger partial charge in [0.15, 0.2) is 0 Å². The van der Waals surface area contributed by atoms with Crippen molar-refractivity contribution < 1.29 is 4.79 Å². The van der Waals surface area contributed by atoms with Crippen LogP contribution in [-0.4, -0.2) is 42.0 Å². The fourth-order valence-electron chi connectivity index (χ4n) is 2.15. The third-order valence-corrected chi connectivity index (χ3v) is 3.11. The Kier molecular flexibility index (Phi) is 4.03. The van der Waals surface area contributed by atoms with Crippen molar-refractivity contribution in [2.75, 3.05) is 31.9 Å². The molecular weight excluding hydrogens is 216 g/mol. The molecular formula is C12H20N4O. The number of amides is 1. The number of nitrogens with zero attached hydrogens (tertiary/aromatic N) is 1. The summed E-state index contributed by atoms with van der Waals surface area (Å²) in [4.78, 5) is 16.9. The van der Waals surface area contributed by atoms with E-state index in [1.165, 1.54) is 19.3 Å². The molecule has 5 heteroatoms. The van der Waals surface area contributed by atoms with Gasteiger partial charge in [0.2, 0.25) is 0 Å². The third-order valence-electron chi connectivity index (χ3n) is 3.11. The molecule has 17 heavy (non-hydrogen) atoms. The number of carbonyl (C=O) groups is 1. The molecule has 1 amide bonds. The minimum atomic E-state index is -0.0845. The van der Waals surface area contributed by atoms with Gasteiger partial charge in [-0.25, -0.2) is 0 Å². The first-order valence-corrected chi connectivity index (χ1v) is 6.20. The molecule has 2 heterocycles. The standard InChI is InChI=1S/C12H20N4O/c13-10-8-11(15-9-10)12(17)14-4-7-16-5-2-1-3-6-16/h8-9,15H,1-7,13H2,(H,14,17). The number of aromatic nitrogens is 1. The van der Waals surface area contributed by atoms with Gasteiger partial charge in [0, 0.05) is 25.0 Å². The van der Waals surface area contributed by atoms with Crippen LogP contribution in [0.2, 0.25) is 0 Å². The lowest BCUT2D eigenvalue weighted by Gasteiger charge is -2.26. The summed E-state index contributed by atoms with van der Waals surface area (Å²) in [5, 5.41) is 2.89. The number of hydrogen-bond acceptors (Lipinski definition) is 3. The number of likely N-dealkylation sites (tertiary alicyclic amines) is 1. The summed E-state index contributed by atoms with van der Waals surface area (Å²) >= 11 is 0. The minimum Gasteiger partial charge on any atom is -0.397 e. The van der Waals surface area contributed by atoms with E-state index in [0.717, 1.165) is 19.6 Å². The number of nitrogen functional groups attached to an aromatic ring is 1. The molecule has 0 spiro atoms. The van der Waals surface area contributed by atoms with E-state index in [1.54, 1.807) is 12.3 Å². The molecule has 1 saturated heterocycles. The zero-order chi connectivity index (χ0) is 12.1. The van der Waals surface area contributed by atoms with Crippen molar-refractivity contribution in [1.29, 1.82) is 0 Å². The molecule has 0 bridgehead atoms. The van der Waals surface area contributed by atoms with Crippen molar-refractivity contribution in [1.82, 2.24) is 15.2 Å². The largest absolute Gasteiger partial charge is 0.397 e. The molecule has 1 aliphatic heterocycles. The smallest absolute Gasteiger partial charge is 0.267 e. The monoisotopic (exact) mass is 236 g/mol. The molecule has 0 unspecified atom stereocenters. The summed E-state index contributed by atoms with van der Waals surface area (Å²) in [6.07, 6.45) is 5.52. The lowest BCUT2D eigenvalue weighted by atomic mass is 10.1. The second-order valence-electron chi connectivity index (χ2n) is 4.50. The molecule has 0 atom stereocenters. The van der Waals surface area contributed by atoms with Gasteiger partial charge in [0.25, 0.3) is 5.91 Å². The Morgan fingerprint density at radius 2 is 2.18 bits per heavy atom. The van der Waals surface area contributed by atoms with E-state index in [2.05, 4.69) is 15.2 Å². The number of nitrogens with two attached hydrogens (primary N) is 1. The lowest BCUT2D eigenvalue weighted by molar-refractivity contribution is 0.0942. The van der Waals surface area contributed by atoms with Gasteiger partial charge in [0.1, 0.15) is 5.69 Å². The Labute approximate surface area is 101 Å². The molecule has 0 aliphatic carbocycles. The van der Waals surface area contributed by atoms with E-state index in [4.69, 9.17) is 5.73 Å². The average Bonchev–Trinajstić information content (AvgIpc) is 2.77. The summed E-state index contributed by atoms with van der Waals surface area (Å²) in [6, 6.07) is 1.65. The normalized spacial score (nSPS) is 16.9. The molecule has 0 radical (unpaired) electrons. The summed E-state index contributed by atoms with van der Waals surface area (Å²) in [7, 11) is 0. The van der Waals surface area contributed by atoms with Crippen LogP contribution in [0.4, 0.5) is 5.69 Å². The number of H-pyrrole nitrogens is 1. The van der Waals surface area contributed by atoms with Crippen molar-refractivity contribution in [2.45, 2.75) is 19.3 Å². The second-order valence-corrected chi connectivity index (χ2v) is 4.50. The SMILES string of the molecule is Nc1c[nH]c(C(=O)NCCN2CCCCC2)c1. The summed E-state index contributed by atoms with van der Waals surface area (Å²) in [6.45, 7) is 3.94. The highest BCUT2D eigenvalue weighted by molar-refractivity contribution is 5.93. The molecule has 1 aromatic heterocycles. The van der Waals surface area contributed by atoms with E-state index >= 15 is 0 Å². The van der Waals surface area contributed by atoms with Crippen molar-refractivity contribution in [3.05, 3.63) is 18.0 Å². The molecule has 4 N–H and O–H groups in total. The van der Waals surface area contributed by atoms with Crippen LogP contribution in [0.5, 0.6) is 0 Å². The maximum Gasteiger partial charge on any atom is 0.267 e. The van der Waals surface area contributed by atoms with Gasteiger partial charge in [0.05, 0.1) is 0 Å². The maximum atomic E-state index is 11.7. The van der Waals surface area contributed by atoms with E-state index in [9.17, 15) is 4.79 Å². The Hall–Kier alpha value is -1.49. The van der Waals surface area contributed by atoms with Crippen LogP contribution in [0.15, 0.2) is 12.3 Å². The number of rotatable bonds is 4. The van der Waals surface area contributed by atoms with E-state index < -0.39 is 0 Å². The van der Waals surface area contributed by atoms with Gasteiger partial charge in [-0.15, -0.1) is 0 Å². The highest BCUT2D eigenvalue weighted by atomic mass is 16.1. The first kappa shape index (κ1) is 12.0. The summed E-state index contributed by atoms with van der Waals surface area (Å²) in [5.74, 6) is -0.0845. The molecule has 0 aromatic carbocycles. The van der Waals surface area contributed by atoms with Crippen LogP contribution >= 0.6 is 0 Å². The quantitative estimate of drug-likeness (QED) is 0.724. The number of carbonyl (C=O) groups excluding carboxylic acids is 1. The molecule has 1 aliphatic rings. The van der Waals surface area contributed by atoms with Crippen LogP contribution in [0.3, 0.4) is 0 Å². The molecule has 0 saturated carbocycles. The summed E-state index contributed by atoms with van der Waals surface area (Å²) in [5.41, 5.74) is 6.66. The van der Waals surface area contributed by atoms with Crippen LogP contribution in [0.25, 0.3) is 0 Å². The summed E-state index contributed by atoms with van der Waals surface area (Å²) < 4.78 is 0. The van der Waals surface area contributed by atoms with E-state index in [1.807, 2.05) is 0 Å². The van der Waals surface area contributed by atoms with Gasteiger partial charge >= 0.3 is 0 Å². The molecule has 2 rings (SSSR count). The fourth-order valence-corrected chi connectivity index (χ4v) is 2.15. The third kappa shape index (κ3) is 3.49. The first-order valence-electron chi connectivity index (χ1n) is 6.20. The van der Waals surface area contributed by atoms with Crippen LogP contribution in [-0.2, 0) is 0 Å². The van der Waals surface area contributed by atoms with Crippen LogP contribution in [0, 0.1) is 0 Å². The topological polar surface area (TPSA) is 74.1 Å². The van der Waals surface area contributed by atoms with Crippen molar-refractivity contribution >= 4 is 11.6 Å². The Morgan fingerprint density at radius 1 is 1.41 bits per heavy atom. The number of anilines is 1. The minimum absolute atomic E-state index is 0.0845. The van der Waals surface area contributed by atoms with Crippen LogP contribution in [0.1, 0.15) is 29.8 Å². The molecule has 94 valence electrons. The highest BCUT2D eigenvalue weighted by Gasteiger charge is 2.11. The van der Waals surface area contributed by atoms with E-state index in [-0.39, 0.29) is 5.91 Å². The molecule has 1 fully saturated rings. The van der Waals surface area contributed by atoms with Crippen molar-refractivity contribution in [2.24, 2.45) is 0 Å². The molecule has 5 nitrogen and oxygen atoms in total. The van der Waals surface area contributed by atoms with Gasteiger partial charge in [-0.1, -0.05) is 6.42 Å². The Balaban J connectivity index is 1.69. The van der Waals surface area contributed by atoms with Crippen molar-refractivity contribution in [3.8, 4) is 0 Å². The van der Waals surface area contributed by atoms with Gasteiger partial charge in [-0.05, 0) is 32.0 Å². The highest BCUT2D eigenvalue weighted by Crippen LogP contribution is 2.07. The van der Waals surface area contributed by atoms with Crippen LogP contribution < -0.4 is 11.1 Å². The fraction of sp³-hybridized carbons (Fsp3) is 0.583. The van der Waals surface area contributed by atoms with Gasteiger partial charge in [-0.3, -0.25) is 4.79 Å². The van der Waals surface area contributed by atoms with Gasteiger partial charge in [-0.2, -0.15) is 0 Å². The predicted octanol–water partition coefficient (Wildman–Crippen LogP) is 0.813. The average molecular weight is 236 g/mol. The van der Waals surface area contributed by atoms with Crippen molar-refractivity contribution in [3.63, 3.8) is 0 Å². The number of aromatic amines is 1. The number of nitrogens with one attached hydrogen (secondary N) is 2. The van der Waals surface area contributed by atoms with Gasteiger partial charge < -0.3 is 20.9 Å².